The molecule has 154 valence electrons. The molecule has 2 aliphatic heterocycles. The van der Waals surface area contributed by atoms with Gasteiger partial charge in [-0.15, -0.1) is 24.8 Å². The fourth-order valence-electron chi connectivity index (χ4n) is 3.97. The first-order valence-electron chi connectivity index (χ1n) is 10.00. The van der Waals surface area contributed by atoms with Crippen LogP contribution < -0.4 is 10.6 Å². The largest absolute Gasteiger partial charge is 0.352 e. The van der Waals surface area contributed by atoms with Gasteiger partial charge < -0.3 is 10.6 Å². The third-order valence-corrected chi connectivity index (χ3v) is 5.78. The summed E-state index contributed by atoms with van der Waals surface area (Å²) in [4.78, 5) is 14.6. The van der Waals surface area contributed by atoms with Crippen LogP contribution in [-0.4, -0.2) is 36.5 Å². The second-order valence-corrected chi connectivity index (χ2v) is 7.81. The normalized spacial score (nSPS) is 22.6. The van der Waals surface area contributed by atoms with Crippen molar-refractivity contribution >= 4 is 30.7 Å². The number of carbonyl (C=O) groups is 1. The summed E-state index contributed by atoms with van der Waals surface area (Å²) in [5, 5.41) is 6.42. The number of likely N-dealkylation sites (tertiary alicyclic amines) is 1. The van der Waals surface area contributed by atoms with E-state index in [1.54, 1.807) is 0 Å². The minimum absolute atomic E-state index is 0. The molecule has 0 spiro atoms. The van der Waals surface area contributed by atoms with Crippen molar-refractivity contribution in [2.45, 2.75) is 64.6 Å². The highest BCUT2D eigenvalue weighted by molar-refractivity contribution is 5.85. The lowest BCUT2D eigenvalue weighted by Crippen LogP contribution is -2.36. The molecule has 2 unspecified atom stereocenters. The molecule has 2 N–H and O–H groups in total. The topological polar surface area (TPSA) is 44.4 Å². The van der Waals surface area contributed by atoms with Crippen LogP contribution in [0.2, 0.25) is 0 Å². The number of rotatable bonds is 7. The van der Waals surface area contributed by atoms with E-state index < -0.39 is 0 Å². The number of hydrogen-bond donors (Lipinski definition) is 2. The molecule has 6 heteroatoms. The van der Waals surface area contributed by atoms with Gasteiger partial charge in [-0.2, -0.15) is 0 Å². The molecule has 1 aromatic rings. The molecule has 1 amide bonds. The van der Waals surface area contributed by atoms with Crippen LogP contribution in [0, 0.1) is 5.92 Å². The molecule has 3 rings (SSSR count). The van der Waals surface area contributed by atoms with Gasteiger partial charge in [0.2, 0.25) is 5.91 Å². The van der Waals surface area contributed by atoms with Gasteiger partial charge in [-0.1, -0.05) is 30.7 Å². The zero-order valence-corrected chi connectivity index (χ0v) is 18.0. The maximum atomic E-state index is 12.0. The summed E-state index contributed by atoms with van der Waals surface area (Å²) in [6.07, 6.45) is 6.88. The van der Waals surface area contributed by atoms with Crippen molar-refractivity contribution in [3.05, 3.63) is 35.4 Å². The van der Waals surface area contributed by atoms with Crippen molar-refractivity contribution < 1.29 is 4.79 Å². The highest BCUT2D eigenvalue weighted by atomic mass is 35.5. The molecule has 0 aromatic heterocycles. The van der Waals surface area contributed by atoms with E-state index >= 15 is 0 Å². The minimum Gasteiger partial charge on any atom is -0.352 e. The molecule has 0 aliphatic carbocycles. The van der Waals surface area contributed by atoms with E-state index in [4.69, 9.17) is 0 Å². The van der Waals surface area contributed by atoms with Gasteiger partial charge in [0, 0.05) is 25.6 Å². The molecule has 0 bridgehead atoms. The molecule has 27 heavy (non-hydrogen) atoms. The van der Waals surface area contributed by atoms with Gasteiger partial charge in [-0.25, -0.2) is 0 Å². The first kappa shape index (κ1) is 24.2. The standard InChI is InChI=1S/C21H33N3O.2ClH/c1-17-4-2-3-13-24(17)16-20-7-5-18(6-8-20)15-23-21(25)10-9-19-11-12-22-14-19;;/h5-8,17,19,22H,2-4,9-16H2,1H3,(H,23,25);2*1H. The number of carbonyl (C=O) groups excluding carboxylic acids is 1. The van der Waals surface area contributed by atoms with Gasteiger partial charge in [0.25, 0.3) is 0 Å². The molecule has 0 radical (unpaired) electrons. The van der Waals surface area contributed by atoms with E-state index in [0.717, 1.165) is 26.1 Å². The predicted molar refractivity (Wildman–Crippen MR) is 117 cm³/mol. The van der Waals surface area contributed by atoms with E-state index in [1.165, 1.54) is 43.4 Å². The van der Waals surface area contributed by atoms with Gasteiger partial charge >= 0.3 is 0 Å². The smallest absolute Gasteiger partial charge is 0.220 e. The first-order chi connectivity index (χ1) is 12.2. The Hall–Kier alpha value is -0.810. The summed E-state index contributed by atoms with van der Waals surface area (Å²) in [5.41, 5.74) is 2.56. The average molecular weight is 416 g/mol. The summed E-state index contributed by atoms with van der Waals surface area (Å²) in [7, 11) is 0. The summed E-state index contributed by atoms with van der Waals surface area (Å²) in [6.45, 7) is 7.42. The minimum atomic E-state index is 0. The summed E-state index contributed by atoms with van der Waals surface area (Å²) in [6, 6.07) is 9.44. The number of benzene rings is 1. The van der Waals surface area contributed by atoms with Crippen molar-refractivity contribution in [2.24, 2.45) is 5.92 Å². The van der Waals surface area contributed by atoms with Crippen molar-refractivity contribution in [1.82, 2.24) is 15.5 Å². The van der Waals surface area contributed by atoms with Crippen LogP contribution in [0.25, 0.3) is 0 Å². The molecule has 2 atom stereocenters. The molecule has 2 fully saturated rings. The Morgan fingerprint density at radius 1 is 1.15 bits per heavy atom. The number of amides is 1. The predicted octanol–water partition coefficient (Wildman–Crippen LogP) is 3.91. The number of nitrogens with zero attached hydrogens (tertiary/aromatic N) is 1. The molecule has 2 heterocycles. The third kappa shape index (κ3) is 7.98. The molecule has 1 aromatic carbocycles. The van der Waals surface area contributed by atoms with E-state index in [9.17, 15) is 4.79 Å². The number of halogens is 2. The Balaban J connectivity index is 0.00000182. The molecule has 0 saturated carbocycles. The van der Waals surface area contributed by atoms with Crippen LogP contribution in [0.5, 0.6) is 0 Å². The fourth-order valence-corrected chi connectivity index (χ4v) is 3.97. The lowest BCUT2D eigenvalue weighted by Gasteiger charge is -2.33. The Labute approximate surface area is 176 Å². The zero-order chi connectivity index (χ0) is 17.5. The first-order valence-corrected chi connectivity index (χ1v) is 10.00. The maximum absolute atomic E-state index is 12.0. The molecular weight excluding hydrogens is 381 g/mol. The summed E-state index contributed by atoms with van der Waals surface area (Å²) < 4.78 is 0. The molecular formula is C21H35Cl2N3O. The second kappa shape index (κ2) is 12.6. The Morgan fingerprint density at radius 3 is 2.56 bits per heavy atom. The van der Waals surface area contributed by atoms with Crippen LogP contribution >= 0.6 is 24.8 Å². The van der Waals surface area contributed by atoms with Crippen molar-refractivity contribution in [3.8, 4) is 0 Å². The maximum Gasteiger partial charge on any atom is 0.220 e. The van der Waals surface area contributed by atoms with Gasteiger partial charge in [0.1, 0.15) is 0 Å². The highest BCUT2D eigenvalue weighted by Gasteiger charge is 2.18. The van der Waals surface area contributed by atoms with Crippen LogP contribution in [0.1, 0.15) is 56.6 Å². The van der Waals surface area contributed by atoms with Gasteiger partial charge in [0.05, 0.1) is 0 Å². The second-order valence-electron chi connectivity index (χ2n) is 7.81. The van der Waals surface area contributed by atoms with Crippen LogP contribution in [-0.2, 0) is 17.9 Å². The van der Waals surface area contributed by atoms with Crippen LogP contribution in [0.4, 0.5) is 0 Å². The number of hydrogen-bond acceptors (Lipinski definition) is 3. The van der Waals surface area contributed by atoms with Crippen molar-refractivity contribution in [1.29, 1.82) is 0 Å². The quantitative estimate of drug-likeness (QED) is 0.709. The molecule has 2 aliphatic rings. The Bertz CT molecular complexity index is 547. The fraction of sp³-hybridized carbons (Fsp3) is 0.667. The van der Waals surface area contributed by atoms with Crippen molar-refractivity contribution in [3.63, 3.8) is 0 Å². The van der Waals surface area contributed by atoms with E-state index in [1.807, 2.05) is 0 Å². The Kier molecular flexibility index (Phi) is 11.3. The average Bonchev–Trinajstić information content (AvgIpc) is 3.15. The monoisotopic (exact) mass is 415 g/mol. The highest BCUT2D eigenvalue weighted by Crippen LogP contribution is 2.19. The third-order valence-electron chi connectivity index (χ3n) is 5.78. The van der Waals surface area contributed by atoms with Gasteiger partial charge in [-0.05, 0) is 69.3 Å². The summed E-state index contributed by atoms with van der Waals surface area (Å²) in [5.74, 6) is 0.861. The zero-order valence-electron chi connectivity index (χ0n) is 16.4. The Morgan fingerprint density at radius 2 is 1.89 bits per heavy atom. The van der Waals surface area contributed by atoms with Gasteiger partial charge in [-0.3, -0.25) is 9.69 Å². The number of nitrogens with one attached hydrogen (secondary N) is 2. The van der Waals surface area contributed by atoms with E-state index in [2.05, 4.69) is 46.7 Å². The lowest BCUT2D eigenvalue weighted by molar-refractivity contribution is -0.121. The van der Waals surface area contributed by atoms with E-state index in [0.29, 0.717) is 24.9 Å². The molecule has 4 nitrogen and oxygen atoms in total. The lowest BCUT2D eigenvalue weighted by atomic mass is 10.0. The number of piperidine rings is 1. The SMILES string of the molecule is CC1CCCCN1Cc1ccc(CNC(=O)CCC2CCNC2)cc1.Cl.Cl. The molecule has 2 saturated heterocycles. The van der Waals surface area contributed by atoms with Crippen LogP contribution in [0.15, 0.2) is 24.3 Å². The van der Waals surface area contributed by atoms with Crippen molar-refractivity contribution in [2.75, 3.05) is 19.6 Å². The van der Waals surface area contributed by atoms with Gasteiger partial charge in [0.15, 0.2) is 0 Å². The summed E-state index contributed by atoms with van der Waals surface area (Å²) >= 11 is 0. The van der Waals surface area contributed by atoms with E-state index in [-0.39, 0.29) is 30.7 Å². The van der Waals surface area contributed by atoms with Crippen LogP contribution in [0.3, 0.4) is 0 Å².